The highest BCUT2D eigenvalue weighted by Gasteiger charge is 2.32. The van der Waals surface area contributed by atoms with E-state index >= 15 is 4.39 Å². The predicted molar refractivity (Wildman–Crippen MR) is 139 cm³/mol. The summed E-state index contributed by atoms with van der Waals surface area (Å²) in [6.45, 7) is 0.232. The van der Waals surface area contributed by atoms with Crippen molar-refractivity contribution in [3.8, 4) is 16.9 Å². The molecule has 1 saturated heterocycles. The Labute approximate surface area is 218 Å². The highest BCUT2D eigenvalue weighted by molar-refractivity contribution is 7.92. The fourth-order valence-corrected chi connectivity index (χ4v) is 4.67. The topological polar surface area (TPSA) is 130 Å². The van der Waals surface area contributed by atoms with Crippen LogP contribution in [0.2, 0.25) is 0 Å². The molecule has 3 N–H and O–H groups in total. The Morgan fingerprint density at radius 2 is 1.89 bits per heavy atom. The number of methoxy groups -OCH3 is 1. The second kappa shape index (κ2) is 11.0. The maximum absolute atomic E-state index is 15.3. The first kappa shape index (κ1) is 26.8. The Morgan fingerprint density at radius 3 is 2.58 bits per heavy atom. The van der Waals surface area contributed by atoms with Gasteiger partial charge in [0.15, 0.2) is 11.6 Å². The van der Waals surface area contributed by atoms with Gasteiger partial charge in [-0.1, -0.05) is 24.3 Å². The van der Waals surface area contributed by atoms with E-state index in [2.05, 4.69) is 20.3 Å². The van der Waals surface area contributed by atoms with Crippen molar-refractivity contribution in [1.29, 1.82) is 0 Å². The van der Waals surface area contributed by atoms with Crippen LogP contribution < -0.4 is 25.0 Å². The summed E-state index contributed by atoms with van der Waals surface area (Å²) in [5, 5.41) is 4.75. The third-order valence-electron chi connectivity index (χ3n) is 5.80. The number of hydrogen-bond acceptors (Lipinski definition) is 6. The van der Waals surface area contributed by atoms with E-state index in [0.29, 0.717) is 24.0 Å². The standard InChI is InChI=1S/C25H25F2N5O5S/c1-37-16-13-19(27)23(28-14-16)30-25(34)29-21-8-5-11-32(24(21)33)22-10-9-15(12-18(22)26)17-6-3-4-7-20(17)31-38(2,35)36/h3-4,6-7,9-10,12-14,21,31H,5,8,11H2,1-2H3,(H2,28,29,30,34)/t21-/m1/s1. The van der Waals surface area contributed by atoms with Gasteiger partial charge in [-0.3, -0.25) is 14.8 Å². The van der Waals surface area contributed by atoms with Crippen molar-refractivity contribution in [2.24, 2.45) is 0 Å². The lowest BCUT2D eigenvalue weighted by Crippen LogP contribution is -2.53. The van der Waals surface area contributed by atoms with Crippen LogP contribution in [0.15, 0.2) is 54.7 Å². The van der Waals surface area contributed by atoms with Crippen molar-refractivity contribution in [3.63, 3.8) is 0 Å². The molecule has 3 amide bonds. The predicted octanol–water partition coefficient (Wildman–Crippen LogP) is 3.72. The molecule has 38 heavy (non-hydrogen) atoms. The zero-order valence-corrected chi connectivity index (χ0v) is 21.3. The molecular formula is C25H25F2N5O5S. The van der Waals surface area contributed by atoms with Crippen molar-refractivity contribution >= 4 is 39.2 Å². The minimum absolute atomic E-state index is 0.0158. The smallest absolute Gasteiger partial charge is 0.321 e. The summed E-state index contributed by atoms with van der Waals surface area (Å²) >= 11 is 0. The third kappa shape index (κ3) is 6.17. The molecule has 13 heteroatoms. The van der Waals surface area contributed by atoms with E-state index < -0.39 is 39.6 Å². The van der Waals surface area contributed by atoms with Crippen LogP contribution in [0, 0.1) is 11.6 Å². The number of urea groups is 1. The number of carbonyl (C=O) groups excluding carboxylic acids is 2. The zero-order valence-electron chi connectivity index (χ0n) is 20.5. The number of para-hydroxylation sites is 1. The van der Waals surface area contributed by atoms with Crippen LogP contribution in [0.1, 0.15) is 12.8 Å². The summed E-state index contributed by atoms with van der Waals surface area (Å²) in [5.41, 5.74) is 1.17. The number of nitrogens with zero attached hydrogens (tertiary/aromatic N) is 2. The van der Waals surface area contributed by atoms with Crippen molar-refractivity contribution in [3.05, 3.63) is 66.4 Å². The number of nitrogens with one attached hydrogen (secondary N) is 3. The molecule has 1 aliphatic rings. The molecule has 0 radical (unpaired) electrons. The lowest BCUT2D eigenvalue weighted by atomic mass is 10.0. The average molecular weight is 546 g/mol. The van der Waals surface area contributed by atoms with Gasteiger partial charge in [-0.05, 0) is 36.6 Å². The van der Waals surface area contributed by atoms with Gasteiger partial charge in [0.1, 0.15) is 17.6 Å². The van der Waals surface area contributed by atoms with Crippen LogP contribution in [-0.4, -0.2) is 51.3 Å². The lowest BCUT2D eigenvalue weighted by Gasteiger charge is -2.33. The summed E-state index contributed by atoms with van der Waals surface area (Å²) in [6.07, 6.45) is 3.04. The Kier molecular flexibility index (Phi) is 7.76. The van der Waals surface area contributed by atoms with Gasteiger partial charge in [0.2, 0.25) is 15.9 Å². The van der Waals surface area contributed by atoms with Crippen LogP contribution in [0.3, 0.4) is 0 Å². The zero-order chi connectivity index (χ0) is 27.4. The van der Waals surface area contributed by atoms with Gasteiger partial charge in [-0.2, -0.15) is 0 Å². The molecule has 2 heterocycles. The SMILES string of the molecule is COc1cnc(NC(=O)N[C@@H]2CCCN(c3ccc(-c4ccccc4NS(C)(=O)=O)cc3F)C2=O)c(F)c1. The minimum atomic E-state index is -3.56. The van der Waals surface area contributed by atoms with Crippen molar-refractivity contribution in [2.75, 3.05) is 34.8 Å². The van der Waals surface area contributed by atoms with Crippen LogP contribution in [0.25, 0.3) is 11.1 Å². The number of sulfonamides is 1. The molecule has 0 unspecified atom stereocenters. The van der Waals surface area contributed by atoms with Crippen LogP contribution in [0.5, 0.6) is 5.75 Å². The number of hydrogen-bond donors (Lipinski definition) is 3. The highest BCUT2D eigenvalue weighted by Crippen LogP contribution is 2.33. The Balaban J connectivity index is 1.49. The lowest BCUT2D eigenvalue weighted by molar-refractivity contribution is -0.121. The molecule has 1 aliphatic heterocycles. The molecule has 0 aliphatic carbocycles. The quantitative estimate of drug-likeness (QED) is 0.415. The molecule has 200 valence electrons. The number of halogens is 2. The summed E-state index contributed by atoms with van der Waals surface area (Å²) in [6, 6.07) is 10.0. The summed E-state index contributed by atoms with van der Waals surface area (Å²) in [7, 11) is -2.21. The number of rotatable bonds is 7. The summed E-state index contributed by atoms with van der Waals surface area (Å²) < 4.78 is 60.1. The normalized spacial score (nSPS) is 15.6. The number of benzene rings is 2. The maximum atomic E-state index is 15.3. The number of piperidine rings is 1. The van der Waals surface area contributed by atoms with Gasteiger partial charge >= 0.3 is 6.03 Å². The van der Waals surface area contributed by atoms with E-state index in [4.69, 9.17) is 4.74 Å². The molecule has 1 aromatic heterocycles. The second-order valence-corrected chi connectivity index (χ2v) is 10.3. The molecular weight excluding hydrogens is 520 g/mol. The van der Waals surface area contributed by atoms with Crippen LogP contribution in [0.4, 0.5) is 30.8 Å². The Bertz CT molecular complexity index is 1480. The van der Waals surface area contributed by atoms with Gasteiger partial charge in [0.25, 0.3) is 0 Å². The molecule has 4 rings (SSSR count). The number of amides is 3. The monoisotopic (exact) mass is 545 g/mol. The van der Waals surface area contributed by atoms with E-state index in [1.54, 1.807) is 30.3 Å². The van der Waals surface area contributed by atoms with Gasteiger partial charge in [0.05, 0.1) is 30.9 Å². The minimum Gasteiger partial charge on any atom is -0.495 e. The fraction of sp³-hybridized carbons (Fsp3) is 0.240. The molecule has 2 aromatic carbocycles. The van der Waals surface area contributed by atoms with Gasteiger partial charge < -0.3 is 15.0 Å². The Morgan fingerprint density at radius 1 is 1.13 bits per heavy atom. The van der Waals surface area contributed by atoms with Crippen molar-refractivity contribution < 1.29 is 31.5 Å². The molecule has 1 atom stereocenters. The molecule has 0 saturated carbocycles. The number of carbonyl (C=O) groups is 2. The number of aromatic nitrogens is 1. The second-order valence-electron chi connectivity index (χ2n) is 8.57. The Hall–Kier alpha value is -4.26. The average Bonchev–Trinajstić information content (AvgIpc) is 2.86. The van der Waals surface area contributed by atoms with Gasteiger partial charge in [-0.25, -0.2) is 27.0 Å². The molecule has 0 bridgehead atoms. The van der Waals surface area contributed by atoms with Crippen molar-refractivity contribution in [1.82, 2.24) is 10.3 Å². The molecule has 1 fully saturated rings. The molecule has 10 nitrogen and oxygen atoms in total. The summed E-state index contributed by atoms with van der Waals surface area (Å²) in [5.74, 6) is -2.20. The largest absolute Gasteiger partial charge is 0.495 e. The van der Waals surface area contributed by atoms with E-state index in [0.717, 1.165) is 12.3 Å². The van der Waals surface area contributed by atoms with Crippen LogP contribution in [-0.2, 0) is 14.8 Å². The summed E-state index contributed by atoms with van der Waals surface area (Å²) in [4.78, 5) is 30.6. The van der Waals surface area contributed by atoms with E-state index in [1.807, 2.05) is 0 Å². The van der Waals surface area contributed by atoms with E-state index in [9.17, 15) is 22.4 Å². The van der Waals surface area contributed by atoms with Crippen molar-refractivity contribution in [2.45, 2.75) is 18.9 Å². The van der Waals surface area contributed by atoms with E-state index in [-0.39, 0.29) is 29.5 Å². The molecule has 0 spiro atoms. The maximum Gasteiger partial charge on any atom is 0.321 e. The van der Waals surface area contributed by atoms with Gasteiger partial charge in [0, 0.05) is 18.2 Å². The first-order chi connectivity index (χ1) is 18.1. The first-order valence-corrected chi connectivity index (χ1v) is 13.4. The third-order valence-corrected chi connectivity index (χ3v) is 6.39. The van der Waals surface area contributed by atoms with E-state index in [1.165, 1.54) is 30.3 Å². The fourth-order valence-electron chi connectivity index (χ4n) is 4.09. The van der Waals surface area contributed by atoms with Gasteiger partial charge in [-0.15, -0.1) is 0 Å². The first-order valence-electron chi connectivity index (χ1n) is 11.5. The number of pyridine rings is 1. The molecule has 3 aromatic rings. The number of ether oxygens (including phenoxy) is 1. The van der Waals surface area contributed by atoms with Crippen LogP contribution >= 0.6 is 0 Å². The number of anilines is 3. The highest BCUT2D eigenvalue weighted by atomic mass is 32.2.